The topological polar surface area (TPSA) is 0 Å². The van der Waals surface area contributed by atoms with Gasteiger partial charge in [-0.05, 0) is 12.5 Å². The minimum Gasteiger partial charge on any atom is -0.0909 e. The van der Waals surface area contributed by atoms with Crippen molar-refractivity contribution in [1.82, 2.24) is 0 Å². The predicted molar refractivity (Wildman–Crippen MR) is 77.0 cm³/mol. The van der Waals surface area contributed by atoms with Crippen LogP contribution in [0.2, 0.25) is 19.1 Å². The first-order valence-electron chi connectivity index (χ1n) is 6.37. The Balaban J connectivity index is 2.49. The molecule has 88 valence electrons. The average Bonchev–Trinajstić information content (AvgIpc) is 2.30. The fourth-order valence-electron chi connectivity index (χ4n) is 1.82. The second-order valence-electron chi connectivity index (χ2n) is 5.07. The van der Waals surface area contributed by atoms with Gasteiger partial charge in [0.2, 0.25) is 0 Å². The van der Waals surface area contributed by atoms with Crippen LogP contribution in [-0.4, -0.2) is 8.07 Å². The van der Waals surface area contributed by atoms with Gasteiger partial charge in [-0.15, -0.1) is 0 Å². The molecule has 0 spiro atoms. The predicted octanol–water partition coefficient (Wildman–Crippen LogP) is 4.35. The van der Waals surface area contributed by atoms with Crippen molar-refractivity contribution in [2.45, 2.75) is 45.3 Å². The summed E-state index contributed by atoms with van der Waals surface area (Å²) in [5.41, 5.74) is 0. The normalized spacial score (nSPS) is 12.2. The van der Waals surface area contributed by atoms with Gasteiger partial charge in [0.25, 0.3) is 0 Å². The summed E-state index contributed by atoms with van der Waals surface area (Å²) in [6.07, 6.45) is 8.62. The Bertz CT molecular complexity index is 311. The van der Waals surface area contributed by atoms with E-state index < -0.39 is 8.07 Å². The quantitative estimate of drug-likeness (QED) is 0.389. The summed E-state index contributed by atoms with van der Waals surface area (Å²) in [6.45, 7) is 7.15. The zero-order valence-electron chi connectivity index (χ0n) is 10.9. The highest BCUT2D eigenvalue weighted by Gasteiger charge is 2.20. The number of unbranched alkanes of at least 4 members (excludes halogenated alkanes) is 2. The van der Waals surface area contributed by atoms with E-state index in [-0.39, 0.29) is 0 Å². The Morgan fingerprint density at radius 3 is 2.38 bits per heavy atom. The van der Waals surface area contributed by atoms with Gasteiger partial charge in [0, 0.05) is 0 Å². The van der Waals surface area contributed by atoms with Crippen molar-refractivity contribution in [3.63, 3.8) is 0 Å². The van der Waals surface area contributed by atoms with Gasteiger partial charge in [-0.3, -0.25) is 0 Å². The van der Waals surface area contributed by atoms with Crippen LogP contribution < -0.4 is 5.19 Å². The standard InChI is InChI=1S/C15H24Si/c1-4-5-6-7-11-14-16(2,3)15-12-9-8-10-13-15/h7-13H,4-6,14H2,1-3H3/b11-7-. The molecule has 0 heterocycles. The molecule has 1 heteroatoms. The van der Waals surface area contributed by atoms with Gasteiger partial charge in [0.1, 0.15) is 0 Å². The molecule has 0 bridgehead atoms. The van der Waals surface area contributed by atoms with Crippen LogP contribution in [0.5, 0.6) is 0 Å². The molecule has 0 unspecified atom stereocenters. The van der Waals surface area contributed by atoms with Crippen molar-refractivity contribution in [2.75, 3.05) is 0 Å². The molecule has 0 saturated heterocycles. The molecule has 16 heavy (non-hydrogen) atoms. The third-order valence-corrected chi connectivity index (χ3v) is 6.23. The molecule has 0 radical (unpaired) electrons. The summed E-state index contributed by atoms with van der Waals surface area (Å²) in [5, 5.41) is 1.56. The van der Waals surface area contributed by atoms with Crippen LogP contribution >= 0.6 is 0 Å². The van der Waals surface area contributed by atoms with Crippen LogP contribution in [0.4, 0.5) is 0 Å². The average molecular weight is 232 g/mol. The molecule has 1 rings (SSSR count). The zero-order valence-corrected chi connectivity index (χ0v) is 11.9. The van der Waals surface area contributed by atoms with Crippen molar-refractivity contribution in [2.24, 2.45) is 0 Å². The number of rotatable bonds is 6. The maximum atomic E-state index is 2.45. The SMILES string of the molecule is CCCC/C=C\C[Si](C)(C)c1ccccc1. The maximum absolute atomic E-state index is 2.45. The Morgan fingerprint density at radius 1 is 1.06 bits per heavy atom. The summed E-state index contributed by atoms with van der Waals surface area (Å²) in [5.74, 6) is 0. The van der Waals surface area contributed by atoms with E-state index in [1.807, 2.05) is 0 Å². The van der Waals surface area contributed by atoms with E-state index in [0.29, 0.717) is 0 Å². The molecular formula is C15H24Si. The van der Waals surface area contributed by atoms with Crippen molar-refractivity contribution in [3.05, 3.63) is 42.5 Å². The summed E-state index contributed by atoms with van der Waals surface area (Å²) >= 11 is 0. The molecule has 0 saturated carbocycles. The molecule has 0 aliphatic heterocycles. The fraction of sp³-hybridized carbons (Fsp3) is 0.467. The van der Waals surface area contributed by atoms with Crippen molar-refractivity contribution in [3.8, 4) is 0 Å². The highest BCUT2D eigenvalue weighted by atomic mass is 28.3. The lowest BCUT2D eigenvalue weighted by atomic mass is 10.2. The molecule has 0 aliphatic rings. The Morgan fingerprint density at radius 2 is 1.75 bits per heavy atom. The van der Waals surface area contributed by atoms with Crippen molar-refractivity contribution in [1.29, 1.82) is 0 Å². The molecule has 1 aromatic rings. The number of benzene rings is 1. The Hall–Kier alpha value is -0.823. The highest BCUT2D eigenvalue weighted by Crippen LogP contribution is 2.11. The molecule has 0 aromatic heterocycles. The second kappa shape index (κ2) is 6.69. The minimum atomic E-state index is -1.23. The lowest BCUT2D eigenvalue weighted by Crippen LogP contribution is -2.40. The lowest BCUT2D eigenvalue weighted by Gasteiger charge is -2.20. The van der Waals surface area contributed by atoms with Gasteiger partial charge in [-0.1, -0.05) is 80.5 Å². The van der Waals surface area contributed by atoms with E-state index in [9.17, 15) is 0 Å². The summed E-state index contributed by atoms with van der Waals surface area (Å²) in [6, 6.07) is 12.2. The van der Waals surface area contributed by atoms with Gasteiger partial charge < -0.3 is 0 Å². The van der Waals surface area contributed by atoms with E-state index in [4.69, 9.17) is 0 Å². The van der Waals surface area contributed by atoms with Crippen LogP contribution in [-0.2, 0) is 0 Å². The summed E-state index contributed by atoms with van der Waals surface area (Å²) < 4.78 is 0. The van der Waals surface area contributed by atoms with Crippen molar-refractivity contribution < 1.29 is 0 Å². The number of hydrogen-bond donors (Lipinski definition) is 0. The van der Waals surface area contributed by atoms with Gasteiger partial charge >= 0.3 is 0 Å². The smallest absolute Gasteiger partial charge is 0.0843 e. The monoisotopic (exact) mass is 232 g/mol. The molecule has 0 nitrogen and oxygen atoms in total. The third kappa shape index (κ3) is 4.36. The zero-order chi connectivity index (χ0) is 11.9. The molecule has 0 fully saturated rings. The first-order chi connectivity index (χ1) is 7.67. The summed E-state index contributed by atoms with van der Waals surface area (Å²) in [4.78, 5) is 0. The molecule has 0 N–H and O–H groups in total. The molecule has 0 atom stereocenters. The van der Waals surface area contributed by atoms with Gasteiger partial charge in [-0.25, -0.2) is 0 Å². The first kappa shape index (κ1) is 13.2. The third-order valence-electron chi connectivity index (χ3n) is 3.07. The number of hydrogen-bond acceptors (Lipinski definition) is 0. The van der Waals surface area contributed by atoms with E-state index >= 15 is 0 Å². The van der Waals surface area contributed by atoms with Crippen LogP contribution in [0.3, 0.4) is 0 Å². The van der Waals surface area contributed by atoms with Crippen LogP contribution in [0.1, 0.15) is 26.2 Å². The van der Waals surface area contributed by atoms with E-state index in [1.54, 1.807) is 5.19 Å². The van der Waals surface area contributed by atoms with E-state index in [0.717, 1.165) is 0 Å². The highest BCUT2D eigenvalue weighted by molar-refractivity contribution is 6.90. The maximum Gasteiger partial charge on any atom is 0.0843 e. The second-order valence-corrected chi connectivity index (χ2v) is 9.82. The fourth-order valence-corrected chi connectivity index (χ4v) is 3.91. The van der Waals surface area contributed by atoms with Gasteiger partial charge in [0.15, 0.2) is 0 Å². The Kier molecular flexibility index (Phi) is 5.54. The summed E-state index contributed by atoms with van der Waals surface area (Å²) in [7, 11) is -1.23. The lowest BCUT2D eigenvalue weighted by molar-refractivity contribution is 0.814. The molecule has 1 aromatic carbocycles. The molecule has 0 aliphatic carbocycles. The van der Waals surface area contributed by atoms with Crippen LogP contribution in [0.15, 0.2) is 42.5 Å². The first-order valence-corrected chi connectivity index (χ1v) is 9.58. The van der Waals surface area contributed by atoms with Gasteiger partial charge in [-0.2, -0.15) is 0 Å². The van der Waals surface area contributed by atoms with E-state index in [2.05, 4.69) is 62.5 Å². The van der Waals surface area contributed by atoms with Crippen LogP contribution in [0.25, 0.3) is 0 Å². The Labute approximate surface area is 101 Å². The minimum absolute atomic E-state index is 1.23. The van der Waals surface area contributed by atoms with E-state index in [1.165, 1.54) is 25.3 Å². The number of allylic oxidation sites excluding steroid dienone is 2. The van der Waals surface area contributed by atoms with Gasteiger partial charge in [0.05, 0.1) is 8.07 Å². The van der Waals surface area contributed by atoms with Crippen molar-refractivity contribution >= 4 is 13.3 Å². The largest absolute Gasteiger partial charge is 0.0909 e. The molecule has 0 amide bonds. The molecular weight excluding hydrogens is 208 g/mol. The van der Waals surface area contributed by atoms with Crippen LogP contribution in [0, 0.1) is 0 Å².